The van der Waals surface area contributed by atoms with E-state index in [9.17, 15) is 0 Å². The second-order valence-electron chi connectivity index (χ2n) is 8.73. The van der Waals surface area contributed by atoms with Gasteiger partial charge in [-0.2, -0.15) is 0 Å². The molecule has 0 unspecified atom stereocenters. The highest BCUT2D eigenvalue weighted by Crippen LogP contribution is 2.29. The average Bonchev–Trinajstić information content (AvgIpc) is 2.80. The van der Waals surface area contributed by atoms with E-state index in [1.54, 1.807) is 0 Å². The van der Waals surface area contributed by atoms with Crippen molar-refractivity contribution in [2.24, 2.45) is 5.73 Å². The van der Waals surface area contributed by atoms with Crippen molar-refractivity contribution < 1.29 is 0 Å². The van der Waals surface area contributed by atoms with Crippen LogP contribution in [0.4, 0.5) is 5.82 Å². The first kappa shape index (κ1) is 22.8. The van der Waals surface area contributed by atoms with Gasteiger partial charge in [0.2, 0.25) is 0 Å². The molecule has 1 atom stereocenters. The topological polar surface area (TPSA) is 48.6 Å². The smallest absolute Gasteiger partial charge is 0.147 e. The van der Waals surface area contributed by atoms with Crippen LogP contribution in [0.5, 0.6) is 0 Å². The van der Waals surface area contributed by atoms with Crippen molar-refractivity contribution >= 4 is 29.0 Å². The highest BCUT2D eigenvalue weighted by molar-refractivity contribution is 6.33. The zero-order chi connectivity index (χ0) is 21.8. The Hall–Kier alpha value is -1.37. The van der Waals surface area contributed by atoms with Gasteiger partial charge in [-0.3, -0.25) is 9.80 Å². The van der Waals surface area contributed by atoms with Crippen LogP contribution in [0.3, 0.4) is 0 Å². The molecule has 0 bridgehead atoms. The third kappa shape index (κ3) is 5.52. The summed E-state index contributed by atoms with van der Waals surface area (Å²) in [7, 11) is 0. The van der Waals surface area contributed by atoms with Crippen LogP contribution in [0.2, 0.25) is 10.0 Å². The van der Waals surface area contributed by atoms with Gasteiger partial charge >= 0.3 is 0 Å². The Labute approximate surface area is 196 Å². The maximum atomic E-state index is 6.52. The van der Waals surface area contributed by atoms with Gasteiger partial charge in [0, 0.05) is 56.0 Å². The Balaban J connectivity index is 1.33. The summed E-state index contributed by atoms with van der Waals surface area (Å²) in [5.41, 5.74) is 8.04. The molecular weight excluding hydrogens is 429 g/mol. The Kier molecular flexibility index (Phi) is 7.72. The summed E-state index contributed by atoms with van der Waals surface area (Å²) in [6.45, 7) is 9.09. The van der Waals surface area contributed by atoms with Crippen LogP contribution in [0.1, 0.15) is 37.3 Å². The molecule has 2 fully saturated rings. The van der Waals surface area contributed by atoms with Gasteiger partial charge in [0.15, 0.2) is 0 Å². The third-order valence-electron chi connectivity index (χ3n) is 6.76. The van der Waals surface area contributed by atoms with Gasteiger partial charge in [0.05, 0.1) is 5.02 Å². The Morgan fingerprint density at radius 1 is 1.03 bits per heavy atom. The second-order valence-corrected chi connectivity index (χ2v) is 9.58. The van der Waals surface area contributed by atoms with E-state index in [0.29, 0.717) is 23.7 Å². The number of anilines is 1. The van der Waals surface area contributed by atoms with Crippen molar-refractivity contribution in [3.8, 4) is 0 Å². The van der Waals surface area contributed by atoms with Crippen molar-refractivity contribution in [2.45, 2.75) is 51.4 Å². The monoisotopic (exact) mass is 461 g/mol. The van der Waals surface area contributed by atoms with Gasteiger partial charge in [0.25, 0.3) is 0 Å². The fourth-order valence-electron chi connectivity index (χ4n) is 4.98. The van der Waals surface area contributed by atoms with Gasteiger partial charge < -0.3 is 10.6 Å². The minimum absolute atomic E-state index is 0.467. The van der Waals surface area contributed by atoms with Gasteiger partial charge in [-0.05, 0) is 61.7 Å². The molecule has 1 aromatic heterocycles. The van der Waals surface area contributed by atoms with E-state index in [4.69, 9.17) is 28.9 Å². The van der Waals surface area contributed by atoms with E-state index in [1.807, 2.05) is 24.4 Å². The molecule has 0 spiro atoms. The van der Waals surface area contributed by atoms with Gasteiger partial charge in [-0.1, -0.05) is 42.3 Å². The van der Waals surface area contributed by atoms with E-state index in [2.05, 4.69) is 38.7 Å². The largest absolute Gasteiger partial charge is 0.353 e. The number of piperazine rings is 1. The summed E-state index contributed by atoms with van der Waals surface area (Å²) in [5.74, 6) is 0.898. The first-order valence-corrected chi connectivity index (χ1v) is 12.1. The number of halogens is 2. The lowest BCUT2D eigenvalue weighted by molar-refractivity contribution is 0.0610. The summed E-state index contributed by atoms with van der Waals surface area (Å²) in [6.07, 6.45) is 5.45. The van der Waals surface area contributed by atoms with Crippen LogP contribution in [0.15, 0.2) is 36.5 Å². The van der Waals surface area contributed by atoms with Crippen LogP contribution in [0.25, 0.3) is 0 Å². The van der Waals surface area contributed by atoms with Gasteiger partial charge in [0.1, 0.15) is 5.82 Å². The molecule has 31 heavy (non-hydrogen) atoms. The van der Waals surface area contributed by atoms with E-state index in [0.717, 1.165) is 62.1 Å². The maximum Gasteiger partial charge on any atom is 0.147 e. The minimum Gasteiger partial charge on any atom is -0.353 e. The van der Waals surface area contributed by atoms with Crippen LogP contribution in [-0.4, -0.2) is 59.6 Å². The quantitative estimate of drug-likeness (QED) is 0.689. The molecule has 7 heteroatoms. The van der Waals surface area contributed by atoms with E-state index in [-0.39, 0.29) is 0 Å². The van der Waals surface area contributed by atoms with E-state index >= 15 is 0 Å². The zero-order valence-corrected chi connectivity index (χ0v) is 19.8. The fourth-order valence-corrected chi connectivity index (χ4v) is 5.41. The molecule has 1 aromatic carbocycles. The number of hydrogen-bond donors (Lipinski definition) is 1. The SMILES string of the molecule is CC[C@H]1CN(c2ncc(CN)cc2Cl)CCN1C1CCN(Cc2ccc(Cl)cc2)CC1. The third-order valence-corrected chi connectivity index (χ3v) is 7.29. The predicted molar refractivity (Wildman–Crippen MR) is 130 cm³/mol. The molecule has 0 saturated carbocycles. The highest BCUT2D eigenvalue weighted by atomic mass is 35.5. The molecule has 5 nitrogen and oxygen atoms in total. The number of nitrogens with zero attached hydrogens (tertiary/aromatic N) is 4. The molecule has 0 amide bonds. The summed E-state index contributed by atoms with van der Waals surface area (Å²) < 4.78 is 0. The lowest BCUT2D eigenvalue weighted by Crippen LogP contribution is -2.58. The van der Waals surface area contributed by atoms with Crippen LogP contribution >= 0.6 is 23.2 Å². The number of nitrogens with two attached hydrogens (primary N) is 1. The molecule has 2 aliphatic rings. The zero-order valence-electron chi connectivity index (χ0n) is 18.3. The first-order valence-electron chi connectivity index (χ1n) is 11.4. The van der Waals surface area contributed by atoms with Crippen LogP contribution < -0.4 is 10.6 Å². The number of likely N-dealkylation sites (tertiary alicyclic amines) is 1. The van der Waals surface area contributed by atoms with Crippen molar-refractivity contribution in [2.75, 3.05) is 37.6 Å². The van der Waals surface area contributed by atoms with Crippen molar-refractivity contribution in [3.63, 3.8) is 0 Å². The fraction of sp³-hybridized carbons (Fsp3) is 0.542. The molecule has 2 aliphatic heterocycles. The molecule has 2 N–H and O–H groups in total. The predicted octanol–water partition coefficient (Wildman–Crippen LogP) is 4.41. The number of piperidine rings is 1. The minimum atomic E-state index is 0.467. The average molecular weight is 462 g/mol. The number of pyridine rings is 1. The van der Waals surface area contributed by atoms with Gasteiger partial charge in [-0.15, -0.1) is 0 Å². The Bertz CT molecular complexity index is 852. The van der Waals surface area contributed by atoms with Gasteiger partial charge in [-0.25, -0.2) is 4.98 Å². The van der Waals surface area contributed by atoms with Crippen LogP contribution in [-0.2, 0) is 13.1 Å². The normalized spacial score (nSPS) is 21.5. The van der Waals surface area contributed by atoms with E-state index in [1.165, 1.54) is 18.4 Å². The summed E-state index contributed by atoms with van der Waals surface area (Å²) in [4.78, 5) is 12.3. The molecule has 3 heterocycles. The Morgan fingerprint density at radius 2 is 1.77 bits per heavy atom. The molecule has 0 radical (unpaired) electrons. The number of hydrogen-bond acceptors (Lipinski definition) is 5. The molecule has 168 valence electrons. The number of aromatic nitrogens is 1. The number of rotatable bonds is 6. The Morgan fingerprint density at radius 3 is 2.42 bits per heavy atom. The molecular formula is C24H33Cl2N5. The number of benzene rings is 1. The maximum absolute atomic E-state index is 6.52. The second kappa shape index (κ2) is 10.5. The first-order chi connectivity index (χ1) is 15.1. The standard InChI is InChI=1S/C24H33Cl2N5/c1-2-21-17-30(24-23(26)13-19(14-27)15-28-24)11-12-31(21)22-7-9-29(10-8-22)16-18-3-5-20(25)6-4-18/h3-6,13,15,21-22H,2,7-12,14,16-17,27H2,1H3/t21-/m0/s1. The summed E-state index contributed by atoms with van der Waals surface area (Å²) >= 11 is 12.5. The summed E-state index contributed by atoms with van der Waals surface area (Å²) in [5, 5.41) is 1.51. The van der Waals surface area contributed by atoms with Crippen molar-refractivity contribution in [1.82, 2.24) is 14.8 Å². The molecule has 2 saturated heterocycles. The lowest BCUT2D eigenvalue weighted by Gasteiger charge is -2.47. The molecule has 2 aromatic rings. The molecule has 0 aliphatic carbocycles. The highest BCUT2D eigenvalue weighted by Gasteiger charge is 2.33. The van der Waals surface area contributed by atoms with Crippen molar-refractivity contribution in [1.29, 1.82) is 0 Å². The molecule has 4 rings (SSSR count). The summed E-state index contributed by atoms with van der Waals surface area (Å²) in [6, 6.07) is 11.4. The van der Waals surface area contributed by atoms with Crippen LogP contribution in [0, 0.1) is 0 Å². The van der Waals surface area contributed by atoms with Crippen molar-refractivity contribution in [3.05, 3.63) is 57.7 Å². The lowest BCUT2D eigenvalue weighted by atomic mass is 9.98. The van der Waals surface area contributed by atoms with E-state index < -0.39 is 0 Å².